The van der Waals surface area contributed by atoms with Crippen LogP contribution in [0.2, 0.25) is 0 Å². The SMILES string of the molecule is COc1ccccc1NC(=O)Cn1c(=O)nc2c3c4c(sc3ncn21)C[C@H](C)CC4. The Balaban J connectivity index is 1.52. The standard InChI is InChI=1S/C21H21N5O3S/c1-12-7-8-13-16(9-12)30-20-18(13)19-24-21(28)25(26(19)11-22-20)10-17(27)23-14-5-3-4-6-15(14)29-2/h3-6,11-12H,7-10H2,1-2H3,(H,23,27)/t12-/m1/s1. The Hall–Kier alpha value is -3.20. The van der Waals surface area contributed by atoms with Crippen molar-refractivity contribution in [2.45, 2.75) is 32.7 Å². The minimum absolute atomic E-state index is 0.172. The van der Waals surface area contributed by atoms with E-state index < -0.39 is 5.69 Å². The molecule has 1 amide bonds. The summed E-state index contributed by atoms with van der Waals surface area (Å²) in [5, 5.41) is 3.74. The predicted octanol–water partition coefficient (Wildman–Crippen LogP) is 2.88. The van der Waals surface area contributed by atoms with Gasteiger partial charge in [0.1, 0.15) is 23.5 Å². The maximum Gasteiger partial charge on any atom is 0.365 e. The Kier molecular flexibility index (Phi) is 4.54. The molecule has 0 saturated carbocycles. The summed E-state index contributed by atoms with van der Waals surface area (Å²) < 4.78 is 8.17. The summed E-state index contributed by atoms with van der Waals surface area (Å²) in [5.41, 5.74) is 1.90. The largest absolute Gasteiger partial charge is 0.495 e. The number of nitrogens with one attached hydrogen (secondary N) is 1. The number of fused-ring (bicyclic) bond motifs is 5. The first-order chi connectivity index (χ1) is 14.5. The van der Waals surface area contributed by atoms with Gasteiger partial charge < -0.3 is 10.1 Å². The lowest BCUT2D eigenvalue weighted by Crippen LogP contribution is -2.28. The summed E-state index contributed by atoms with van der Waals surface area (Å²) in [4.78, 5) is 36.3. The van der Waals surface area contributed by atoms with E-state index in [0.717, 1.165) is 29.5 Å². The van der Waals surface area contributed by atoms with Gasteiger partial charge in [-0.15, -0.1) is 11.3 Å². The first-order valence-electron chi connectivity index (χ1n) is 9.86. The number of methoxy groups -OCH3 is 1. The first kappa shape index (κ1) is 18.8. The van der Waals surface area contributed by atoms with E-state index >= 15 is 0 Å². The molecule has 1 aliphatic rings. The summed E-state index contributed by atoms with van der Waals surface area (Å²) in [6.07, 6.45) is 4.70. The van der Waals surface area contributed by atoms with Gasteiger partial charge in [0.05, 0.1) is 18.2 Å². The molecule has 0 spiro atoms. The highest BCUT2D eigenvalue weighted by molar-refractivity contribution is 7.19. The maximum absolute atomic E-state index is 12.6. The van der Waals surface area contributed by atoms with Gasteiger partial charge in [-0.1, -0.05) is 19.1 Å². The van der Waals surface area contributed by atoms with Crippen LogP contribution in [-0.4, -0.2) is 32.2 Å². The number of amides is 1. The van der Waals surface area contributed by atoms with Crippen molar-refractivity contribution in [3.05, 3.63) is 51.5 Å². The van der Waals surface area contributed by atoms with Crippen LogP contribution in [0.4, 0.5) is 5.69 Å². The fraction of sp³-hybridized carbons (Fsp3) is 0.333. The zero-order valence-electron chi connectivity index (χ0n) is 16.7. The van der Waals surface area contributed by atoms with Gasteiger partial charge in [0.25, 0.3) is 0 Å². The maximum atomic E-state index is 12.6. The van der Waals surface area contributed by atoms with Crippen LogP contribution < -0.4 is 15.7 Å². The molecule has 8 nitrogen and oxygen atoms in total. The third-order valence-corrected chi connectivity index (χ3v) is 6.74. The van der Waals surface area contributed by atoms with E-state index in [0.29, 0.717) is 23.0 Å². The highest BCUT2D eigenvalue weighted by atomic mass is 32.1. The number of carbonyl (C=O) groups is 1. The number of ether oxygens (including phenoxy) is 1. The minimum atomic E-state index is -0.469. The van der Waals surface area contributed by atoms with Gasteiger partial charge in [-0.2, -0.15) is 4.98 Å². The van der Waals surface area contributed by atoms with Crippen LogP contribution in [0.1, 0.15) is 23.8 Å². The molecular formula is C21H21N5O3S. The molecule has 30 heavy (non-hydrogen) atoms. The number of nitrogens with zero attached hydrogens (tertiary/aromatic N) is 4. The van der Waals surface area contributed by atoms with Crippen molar-refractivity contribution < 1.29 is 9.53 Å². The van der Waals surface area contributed by atoms with Crippen LogP contribution >= 0.6 is 11.3 Å². The Morgan fingerprint density at radius 3 is 3.03 bits per heavy atom. The van der Waals surface area contributed by atoms with Crippen LogP contribution in [0.15, 0.2) is 35.4 Å². The zero-order chi connectivity index (χ0) is 20.8. The van der Waals surface area contributed by atoms with Crippen molar-refractivity contribution in [3.8, 4) is 5.75 Å². The topological polar surface area (TPSA) is 90.5 Å². The van der Waals surface area contributed by atoms with Crippen molar-refractivity contribution in [1.29, 1.82) is 0 Å². The number of aromatic nitrogens is 4. The van der Waals surface area contributed by atoms with Crippen LogP contribution in [0.3, 0.4) is 0 Å². The number of benzene rings is 1. The molecule has 3 aromatic heterocycles. The van der Waals surface area contributed by atoms with E-state index in [1.54, 1.807) is 47.5 Å². The van der Waals surface area contributed by atoms with Crippen LogP contribution in [-0.2, 0) is 24.2 Å². The Morgan fingerprint density at radius 2 is 2.20 bits per heavy atom. The number of hydrogen-bond acceptors (Lipinski definition) is 6. The summed E-state index contributed by atoms with van der Waals surface area (Å²) in [7, 11) is 1.54. The highest BCUT2D eigenvalue weighted by Crippen LogP contribution is 2.38. The lowest BCUT2D eigenvalue weighted by atomic mass is 9.89. The average Bonchev–Trinajstić information content (AvgIpc) is 3.25. The Labute approximate surface area is 176 Å². The molecule has 0 fully saturated rings. The first-order valence-corrected chi connectivity index (χ1v) is 10.7. The number of carbonyl (C=O) groups excluding carboxylic acids is 1. The molecule has 154 valence electrons. The van der Waals surface area contributed by atoms with E-state index in [2.05, 4.69) is 22.2 Å². The molecular weight excluding hydrogens is 402 g/mol. The van der Waals surface area contributed by atoms with Crippen molar-refractivity contribution in [2.24, 2.45) is 5.92 Å². The van der Waals surface area contributed by atoms with Gasteiger partial charge in [-0.05, 0) is 42.9 Å². The lowest BCUT2D eigenvalue weighted by molar-refractivity contribution is -0.117. The molecule has 0 unspecified atom stereocenters. The third kappa shape index (κ3) is 3.06. The van der Waals surface area contributed by atoms with E-state index in [-0.39, 0.29) is 12.5 Å². The molecule has 5 rings (SSSR count). The molecule has 4 aromatic rings. The second kappa shape index (κ2) is 7.24. The van der Waals surface area contributed by atoms with E-state index in [1.165, 1.54) is 15.1 Å². The monoisotopic (exact) mass is 423 g/mol. The molecule has 1 aromatic carbocycles. The van der Waals surface area contributed by atoms with E-state index in [9.17, 15) is 9.59 Å². The zero-order valence-corrected chi connectivity index (χ0v) is 17.5. The quantitative estimate of drug-likeness (QED) is 0.545. The Bertz CT molecular complexity index is 1340. The van der Waals surface area contributed by atoms with Crippen molar-refractivity contribution in [2.75, 3.05) is 12.4 Å². The number of rotatable bonds is 4. The minimum Gasteiger partial charge on any atom is -0.495 e. The van der Waals surface area contributed by atoms with Crippen LogP contribution in [0.25, 0.3) is 15.9 Å². The molecule has 0 bridgehead atoms. The fourth-order valence-electron chi connectivity index (χ4n) is 4.08. The van der Waals surface area contributed by atoms with Gasteiger partial charge >= 0.3 is 5.69 Å². The smallest absolute Gasteiger partial charge is 0.365 e. The van der Waals surface area contributed by atoms with Crippen LogP contribution in [0.5, 0.6) is 5.75 Å². The second-order valence-corrected chi connectivity index (χ2v) is 8.73. The number of aryl methyl sites for hydroxylation is 1. The number of thiophene rings is 1. The normalized spacial score (nSPS) is 16.0. The van der Waals surface area contributed by atoms with Gasteiger partial charge in [0.15, 0.2) is 5.65 Å². The molecule has 0 aliphatic heterocycles. The molecule has 1 atom stereocenters. The number of para-hydroxylation sites is 2. The summed E-state index contributed by atoms with van der Waals surface area (Å²) in [6.45, 7) is 2.09. The summed E-state index contributed by atoms with van der Waals surface area (Å²) in [6, 6.07) is 7.14. The van der Waals surface area contributed by atoms with Gasteiger partial charge in [0.2, 0.25) is 5.91 Å². The lowest BCUT2D eigenvalue weighted by Gasteiger charge is -2.17. The van der Waals surface area contributed by atoms with E-state index in [4.69, 9.17) is 4.74 Å². The molecule has 1 aliphatic carbocycles. The molecule has 0 radical (unpaired) electrons. The van der Waals surface area contributed by atoms with Crippen LogP contribution in [0, 0.1) is 5.92 Å². The third-order valence-electron chi connectivity index (χ3n) is 5.57. The molecule has 1 N–H and O–H groups in total. The highest BCUT2D eigenvalue weighted by Gasteiger charge is 2.24. The fourth-order valence-corrected chi connectivity index (χ4v) is 5.42. The van der Waals surface area contributed by atoms with Crippen molar-refractivity contribution in [1.82, 2.24) is 19.2 Å². The van der Waals surface area contributed by atoms with Gasteiger partial charge in [-0.25, -0.2) is 19.0 Å². The van der Waals surface area contributed by atoms with E-state index in [1.807, 2.05) is 6.07 Å². The average molecular weight is 423 g/mol. The van der Waals surface area contributed by atoms with Gasteiger partial charge in [-0.3, -0.25) is 4.79 Å². The number of hydrogen-bond donors (Lipinski definition) is 1. The van der Waals surface area contributed by atoms with Crippen molar-refractivity contribution in [3.63, 3.8) is 0 Å². The molecule has 0 saturated heterocycles. The Morgan fingerprint density at radius 1 is 1.37 bits per heavy atom. The summed E-state index contributed by atoms with van der Waals surface area (Å²) in [5.74, 6) is 0.864. The molecule has 3 heterocycles. The van der Waals surface area contributed by atoms with Gasteiger partial charge in [0, 0.05) is 4.88 Å². The number of anilines is 1. The second-order valence-electron chi connectivity index (χ2n) is 7.65. The molecule has 9 heteroatoms. The predicted molar refractivity (Wildman–Crippen MR) is 115 cm³/mol. The summed E-state index contributed by atoms with van der Waals surface area (Å²) >= 11 is 1.68. The van der Waals surface area contributed by atoms with Crippen molar-refractivity contribution >= 4 is 38.8 Å².